The van der Waals surface area contributed by atoms with Crippen LogP contribution in [0.25, 0.3) is 10.9 Å². The third-order valence-corrected chi connectivity index (χ3v) is 10.2. The number of nitrogens with zero attached hydrogens (tertiary/aromatic N) is 2. The lowest BCUT2D eigenvalue weighted by atomic mass is 10.1. The molecule has 0 atom stereocenters. The normalized spacial score (nSPS) is 13.5. The molecular weight excluding hydrogens is 420 g/mol. The van der Waals surface area contributed by atoms with E-state index >= 15 is 0 Å². The van der Waals surface area contributed by atoms with E-state index in [0.717, 1.165) is 10.9 Å². The summed E-state index contributed by atoms with van der Waals surface area (Å²) in [5, 5.41) is 1.33. The lowest BCUT2D eigenvalue weighted by molar-refractivity contribution is 0.0732. The first kappa shape index (κ1) is 20.6. The van der Waals surface area contributed by atoms with Crippen LogP contribution in [0.5, 0.6) is 0 Å². The van der Waals surface area contributed by atoms with Gasteiger partial charge in [-0.05, 0) is 60.0 Å². The first-order valence-electron chi connectivity index (χ1n) is 8.28. The Morgan fingerprint density at radius 3 is 2.40 bits per heavy atom. The molecule has 2 rings (SSSR count). The Hall–Kier alpha value is -0.693. The van der Waals surface area contributed by atoms with Gasteiger partial charge in [-0.1, -0.05) is 32.4 Å². The zero-order valence-corrected chi connectivity index (χ0v) is 19.2. The first-order valence-corrected chi connectivity index (χ1v) is 12.4. The second-order valence-corrected chi connectivity index (χ2v) is 14.5. The van der Waals surface area contributed by atoms with Crippen molar-refractivity contribution in [1.29, 1.82) is 0 Å². The number of hydrogen-bond donors (Lipinski definition) is 0. The number of halogens is 2. The third kappa shape index (κ3) is 4.53. The monoisotopic (exact) mass is 444 g/mol. The number of hydrogen-bond acceptors (Lipinski definition) is 3. The molecule has 0 spiro atoms. The Labute approximate surface area is 163 Å². The van der Waals surface area contributed by atoms with Crippen LogP contribution in [0.2, 0.25) is 23.3 Å². The molecule has 4 nitrogen and oxygen atoms in total. The van der Waals surface area contributed by atoms with Crippen LogP contribution in [-0.4, -0.2) is 23.5 Å². The van der Waals surface area contributed by atoms with Crippen molar-refractivity contribution in [3.05, 3.63) is 38.3 Å². The molecule has 138 valence electrons. The maximum absolute atomic E-state index is 12.7. The predicted octanol–water partition coefficient (Wildman–Crippen LogP) is 5.61. The Bertz CT molecular complexity index is 857. The minimum Gasteiger partial charge on any atom is -0.410 e. The standard InChI is InChI=1S/C18H26BrClN2O2Si/c1-17(2,3)25(6,7)24-18(4,5)11-22-14-9-15(20)21-10-12(14)8-13(19)16(22)23/h8-10H,11H2,1-7H3. The molecule has 2 aromatic rings. The van der Waals surface area contributed by atoms with Crippen molar-refractivity contribution in [3.8, 4) is 0 Å². The Morgan fingerprint density at radius 1 is 1.24 bits per heavy atom. The van der Waals surface area contributed by atoms with Crippen LogP contribution in [-0.2, 0) is 11.0 Å². The molecule has 0 aliphatic carbocycles. The summed E-state index contributed by atoms with van der Waals surface area (Å²) >= 11 is 9.42. The van der Waals surface area contributed by atoms with Gasteiger partial charge in [0.2, 0.25) is 0 Å². The van der Waals surface area contributed by atoms with Gasteiger partial charge < -0.3 is 8.99 Å². The van der Waals surface area contributed by atoms with Crippen LogP contribution in [0, 0.1) is 0 Å². The highest BCUT2D eigenvalue weighted by Gasteiger charge is 2.41. The smallest absolute Gasteiger partial charge is 0.265 e. The topological polar surface area (TPSA) is 44.1 Å². The molecule has 0 bridgehead atoms. The predicted molar refractivity (Wildman–Crippen MR) is 111 cm³/mol. The van der Waals surface area contributed by atoms with Gasteiger partial charge >= 0.3 is 0 Å². The average molecular weight is 446 g/mol. The summed E-state index contributed by atoms with van der Waals surface area (Å²) in [7, 11) is -1.97. The number of fused-ring (bicyclic) bond motifs is 1. The molecule has 0 N–H and O–H groups in total. The van der Waals surface area contributed by atoms with Gasteiger partial charge in [-0.2, -0.15) is 0 Å². The van der Waals surface area contributed by atoms with Gasteiger partial charge in [0.1, 0.15) is 5.15 Å². The molecule has 0 aliphatic rings. The first-order chi connectivity index (χ1) is 11.2. The third-order valence-electron chi connectivity index (χ3n) is 4.78. The van der Waals surface area contributed by atoms with Crippen molar-refractivity contribution in [2.24, 2.45) is 0 Å². The summed E-state index contributed by atoms with van der Waals surface area (Å²) in [5.41, 5.74) is 0.179. The van der Waals surface area contributed by atoms with E-state index in [9.17, 15) is 4.79 Å². The van der Waals surface area contributed by atoms with Crippen LogP contribution < -0.4 is 5.56 Å². The Morgan fingerprint density at radius 2 is 1.84 bits per heavy atom. The SMILES string of the molecule is CC(C)(Cn1c(=O)c(Br)cc2cnc(Cl)cc21)O[Si](C)(C)C(C)(C)C. The second-order valence-electron chi connectivity index (χ2n) is 8.57. The van der Waals surface area contributed by atoms with Crippen LogP contribution in [0.1, 0.15) is 34.6 Å². The zero-order chi connectivity index (χ0) is 19.2. The summed E-state index contributed by atoms with van der Waals surface area (Å²) < 4.78 is 8.81. The highest BCUT2D eigenvalue weighted by Crippen LogP contribution is 2.39. The maximum atomic E-state index is 12.7. The summed E-state index contributed by atoms with van der Waals surface area (Å²) in [6.07, 6.45) is 1.68. The van der Waals surface area contributed by atoms with Gasteiger partial charge in [0.05, 0.1) is 22.1 Å². The van der Waals surface area contributed by atoms with E-state index in [1.807, 2.05) is 13.8 Å². The summed E-state index contributed by atoms with van der Waals surface area (Å²) in [5.74, 6) is 0. The summed E-state index contributed by atoms with van der Waals surface area (Å²) in [6.45, 7) is 15.6. The molecule has 25 heavy (non-hydrogen) atoms. The van der Waals surface area contributed by atoms with E-state index in [0.29, 0.717) is 16.2 Å². The van der Waals surface area contributed by atoms with E-state index in [4.69, 9.17) is 16.0 Å². The molecular formula is C18H26BrClN2O2Si. The highest BCUT2D eigenvalue weighted by molar-refractivity contribution is 9.10. The molecule has 2 heterocycles. The van der Waals surface area contributed by atoms with Gasteiger partial charge in [-0.3, -0.25) is 4.79 Å². The van der Waals surface area contributed by atoms with Crippen LogP contribution >= 0.6 is 27.5 Å². The second kappa shape index (κ2) is 6.80. The lowest BCUT2D eigenvalue weighted by Crippen LogP contribution is -2.49. The molecule has 0 saturated carbocycles. The highest BCUT2D eigenvalue weighted by atomic mass is 79.9. The fourth-order valence-corrected chi connectivity index (χ4v) is 4.99. The van der Waals surface area contributed by atoms with E-state index in [-0.39, 0.29) is 10.6 Å². The quantitative estimate of drug-likeness (QED) is 0.453. The minimum atomic E-state index is -1.97. The van der Waals surface area contributed by atoms with Gasteiger partial charge in [-0.25, -0.2) is 4.98 Å². The fraction of sp³-hybridized carbons (Fsp3) is 0.556. The number of pyridine rings is 2. The number of rotatable bonds is 4. The largest absolute Gasteiger partial charge is 0.410 e. The van der Waals surface area contributed by atoms with Crippen molar-refractivity contribution >= 4 is 46.8 Å². The van der Waals surface area contributed by atoms with Crippen LogP contribution in [0.3, 0.4) is 0 Å². The Kier molecular flexibility index (Phi) is 5.61. The summed E-state index contributed by atoms with van der Waals surface area (Å²) in [6, 6.07) is 3.51. The zero-order valence-electron chi connectivity index (χ0n) is 15.9. The van der Waals surface area contributed by atoms with Crippen molar-refractivity contribution in [1.82, 2.24) is 9.55 Å². The van der Waals surface area contributed by atoms with Crippen molar-refractivity contribution in [3.63, 3.8) is 0 Å². The minimum absolute atomic E-state index is 0.0957. The number of aromatic nitrogens is 2. The van der Waals surface area contributed by atoms with E-state index in [1.54, 1.807) is 22.9 Å². The van der Waals surface area contributed by atoms with Crippen molar-refractivity contribution < 1.29 is 4.43 Å². The van der Waals surface area contributed by atoms with Gasteiger partial charge in [0, 0.05) is 11.6 Å². The van der Waals surface area contributed by atoms with Gasteiger partial charge in [0.25, 0.3) is 5.56 Å². The molecule has 0 radical (unpaired) electrons. The van der Waals surface area contributed by atoms with Crippen LogP contribution in [0.4, 0.5) is 0 Å². The van der Waals surface area contributed by atoms with E-state index in [2.05, 4.69) is 54.8 Å². The fourth-order valence-electron chi connectivity index (χ4n) is 2.63. The molecule has 0 aliphatic heterocycles. The molecule has 0 fully saturated rings. The van der Waals surface area contributed by atoms with Gasteiger partial charge in [-0.15, -0.1) is 0 Å². The maximum Gasteiger partial charge on any atom is 0.265 e. The van der Waals surface area contributed by atoms with E-state index < -0.39 is 13.9 Å². The van der Waals surface area contributed by atoms with Crippen molar-refractivity contribution in [2.75, 3.05) is 0 Å². The Balaban J connectivity index is 2.50. The molecule has 0 saturated heterocycles. The van der Waals surface area contributed by atoms with Crippen LogP contribution in [0.15, 0.2) is 27.6 Å². The van der Waals surface area contributed by atoms with Gasteiger partial charge in [0.15, 0.2) is 8.32 Å². The molecule has 0 amide bonds. The molecule has 7 heteroatoms. The van der Waals surface area contributed by atoms with E-state index in [1.165, 1.54) is 0 Å². The summed E-state index contributed by atoms with van der Waals surface area (Å²) in [4.78, 5) is 16.9. The molecule has 2 aromatic heterocycles. The average Bonchev–Trinajstić information content (AvgIpc) is 2.42. The molecule has 0 unspecified atom stereocenters. The van der Waals surface area contributed by atoms with Crippen molar-refractivity contribution in [2.45, 2.75) is 64.9 Å². The molecule has 0 aromatic carbocycles. The lowest BCUT2D eigenvalue weighted by Gasteiger charge is -2.43.